The molecule has 1 fully saturated rings. The summed E-state index contributed by atoms with van der Waals surface area (Å²) in [5.74, 6) is -0.329. The van der Waals surface area contributed by atoms with Crippen molar-refractivity contribution >= 4 is 17.7 Å². The zero-order valence-corrected chi connectivity index (χ0v) is 18.4. The molecule has 0 unspecified atom stereocenters. The Hall–Kier alpha value is -2.67. The first-order valence-corrected chi connectivity index (χ1v) is 10.2. The predicted molar refractivity (Wildman–Crippen MR) is 114 cm³/mol. The molecule has 1 aliphatic rings. The Labute approximate surface area is 178 Å². The van der Waals surface area contributed by atoms with Crippen molar-refractivity contribution in [2.45, 2.75) is 38.5 Å². The summed E-state index contributed by atoms with van der Waals surface area (Å²) in [6, 6.07) is 7.11. The van der Waals surface area contributed by atoms with Crippen molar-refractivity contribution in [1.29, 1.82) is 0 Å². The van der Waals surface area contributed by atoms with E-state index in [9.17, 15) is 14.4 Å². The van der Waals surface area contributed by atoms with Crippen molar-refractivity contribution in [2.75, 3.05) is 40.5 Å². The van der Waals surface area contributed by atoms with Gasteiger partial charge in [0.25, 0.3) is 0 Å². The normalized spacial score (nSPS) is 18.6. The first kappa shape index (κ1) is 23.6. The molecule has 1 atom stereocenters. The molecule has 1 heterocycles. The number of ether oxygens (including phenoxy) is 2. The van der Waals surface area contributed by atoms with E-state index in [1.165, 1.54) is 12.0 Å². The maximum atomic E-state index is 13.6. The molecule has 0 aromatic heterocycles. The van der Waals surface area contributed by atoms with E-state index in [0.717, 1.165) is 5.57 Å². The van der Waals surface area contributed by atoms with Crippen LogP contribution in [-0.4, -0.2) is 68.0 Å². The molecule has 1 aromatic carbocycles. The summed E-state index contributed by atoms with van der Waals surface area (Å²) < 4.78 is 10.5. The van der Waals surface area contributed by atoms with Crippen LogP contribution in [0.15, 0.2) is 36.4 Å². The van der Waals surface area contributed by atoms with Crippen LogP contribution in [0.4, 0.5) is 0 Å². The minimum Gasteiger partial charge on any atom is -0.496 e. The zero-order chi connectivity index (χ0) is 22.3. The lowest BCUT2D eigenvalue weighted by Gasteiger charge is -2.31. The molecule has 0 spiro atoms. The average Bonchev–Trinajstić information content (AvgIpc) is 2.96. The second kappa shape index (κ2) is 10.4. The molecule has 1 aliphatic heterocycles. The number of carbonyl (C=O) groups excluding carboxylic acids is 3. The molecular weight excluding hydrogens is 384 g/mol. The van der Waals surface area contributed by atoms with Crippen molar-refractivity contribution in [3.8, 4) is 5.75 Å². The Kier molecular flexibility index (Phi) is 8.17. The van der Waals surface area contributed by atoms with Crippen LogP contribution in [-0.2, 0) is 24.5 Å². The minimum atomic E-state index is -1.28. The van der Waals surface area contributed by atoms with Gasteiger partial charge >= 0.3 is 0 Å². The Bertz CT molecular complexity index is 807. The topological polar surface area (TPSA) is 76.2 Å². The van der Waals surface area contributed by atoms with Crippen LogP contribution in [0.5, 0.6) is 5.75 Å². The third-order valence-electron chi connectivity index (χ3n) is 5.41. The number of carbonyl (C=O) groups is 3. The van der Waals surface area contributed by atoms with E-state index in [-0.39, 0.29) is 37.1 Å². The molecule has 0 aliphatic carbocycles. The number of methoxy groups -OCH3 is 2. The predicted octanol–water partition coefficient (Wildman–Crippen LogP) is 2.54. The van der Waals surface area contributed by atoms with E-state index in [4.69, 9.17) is 9.47 Å². The minimum absolute atomic E-state index is 0.0600. The number of likely N-dealkylation sites (tertiary alicyclic amines) is 1. The number of hydrogen-bond acceptors (Lipinski definition) is 5. The molecule has 0 saturated carbocycles. The van der Waals surface area contributed by atoms with Crippen LogP contribution in [0.1, 0.15) is 38.7 Å². The smallest absolute Gasteiger partial charge is 0.241 e. The molecule has 0 bridgehead atoms. The Morgan fingerprint density at radius 1 is 1.27 bits per heavy atom. The average molecular weight is 417 g/mol. The van der Waals surface area contributed by atoms with Gasteiger partial charge < -0.3 is 14.4 Å². The fraction of sp³-hybridized carbons (Fsp3) is 0.522. The van der Waals surface area contributed by atoms with Crippen LogP contribution in [0.3, 0.4) is 0 Å². The first-order valence-electron chi connectivity index (χ1n) is 10.2. The summed E-state index contributed by atoms with van der Waals surface area (Å²) in [6.07, 6.45) is 0.385. The van der Waals surface area contributed by atoms with Gasteiger partial charge in [-0.05, 0) is 26.3 Å². The lowest BCUT2D eigenvalue weighted by molar-refractivity contribution is -0.142. The van der Waals surface area contributed by atoms with Crippen molar-refractivity contribution in [1.82, 2.24) is 9.80 Å². The second-order valence-electron chi connectivity index (χ2n) is 7.70. The standard InChI is InChI=1S/C23H32N2O5/c1-6-24(16-17(2)3)20(26)14-23(18-10-7-8-11-19(18)30-5)15-21(27)25(22(23)28)12-9-13-29-4/h7-8,10-11H,2,6,9,12-16H2,1,3-5H3/t23-/m0/s1. The van der Waals surface area contributed by atoms with Gasteiger partial charge in [0.15, 0.2) is 0 Å². The highest BCUT2D eigenvalue weighted by Gasteiger charge is 2.55. The lowest BCUT2D eigenvalue weighted by Crippen LogP contribution is -2.44. The number of amides is 3. The highest BCUT2D eigenvalue weighted by Crippen LogP contribution is 2.44. The molecule has 0 radical (unpaired) electrons. The van der Waals surface area contributed by atoms with Crippen LogP contribution in [0.2, 0.25) is 0 Å². The lowest BCUT2D eigenvalue weighted by atomic mass is 9.75. The molecule has 30 heavy (non-hydrogen) atoms. The van der Waals surface area contributed by atoms with E-state index in [1.807, 2.05) is 13.8 Å². The number of rotatable bonds is 11. The van der Waals surface area contributed by atoms with Gasteiger partial charge in [0.2, 0.25) is 17.7 Å². The van der Waals surface area contributed by atoms with Crippen LogP contribution in [0, 0.1) is 0 Å². The molecule has 7 nitrogen and oxygen atoms in total. The maximum Gasteiger partial charge on any atom is 0.241 e. The van der Waals surface area contributed by atoms with Gasteiger partial charge in [-0.2, -0.15) is 0 Å². The summed E-state index contributed by atoms with van der Waals surface area (Å²) in [7, 11) is 3.09. The summed E-state index contributed by atoms with van der Waals surface area (Å²) in [5.41, 5.74) is 0.141. The van der Waals surface area contributed by atoms with Crippen LogP contribution < -0.4 is 4.74 Å². The van der Waals surface area contributed by atoms with Crippen LogP contribution >= 0.6 is 0 Å². The molecule has 3 amide bonds. The highest BCUT2D eigenvalue weighted by atomic mass is 16.5. The van der Waals surface area contributed by atoms with Crippen molar-refractivity contribution in [2.24, 2.45) is 0 Å². The monoisotopic (exact) mass is 416 g/mol. The van der Waals surface area contributed by atoms with E-state index in [1.54, 1.807) is 36.3 Å². The fourth-order valence-corrected chi connectivity index (χ4v) is 3.95. The van der Waals surface area contributed by atoms with Gasteiger partial charge in [0.1, 0.15) is 5.75 Å². The Balaban J connectivity index is 2.47. The van der Waals surface area contributed by atoms with Gasteiger partial charge in [0.05, 0.1) is 12.5 Å². The molecular formula is C23H32N2O5. The third-order valence-corrected chi connectivity index (χ3v) is 5.41. The van der Waals surface area contributed by atoms with Gasteiger partial charge in [-0.25, -0.2) is 0 Å². The Morgan fingerprint density at radius 2 is 1.97 bits per heavy atom. The number of hydrogen-bond donors (Lipinski definition) is 0. The number of para-hydroxylation sites is 1. The van der Waals surface area contributed by atoms with Gasteiger partial charge in [0, 0.05) is 51.8 Å². The van der Waals surface area contributed by atoms with Crippen molar-refractivity contribution in [3.63, 3.8) is 0 Å². The number of benzene rings is 1. The number of likely N-dealkylation sites (N-methyl/N-ethyl adjacent to an activating group) is 1. The molecule has 7 heteroatoms. The SMILES string of the molecule is C=C(C)CN(CC)C(=O)C[C@@]1(c2ccccc2OC)CC(=O)N(CCCOC)C1=O. The zero-order valence-electron chi connectivity index (χ0n) is 18.4. The van der Waals surface area contributed by atoms with Gasteiger partial charge in [-0.1, -0.05) is 30.4 Å². The van der Waals surface area contributed by atoms with E-state index in [0.29, 0.717) is 37.4 Å². The van der Waals surface area contributed by atoms with E-state index in [2.05, 4.69) is 6.58 Å². The Morgan fingerprint density at radius 3 is 2.57 bits per heavy atom. The molecule has 0 N–H and O–H groups in total. The fourth-order valence-electron chi connectivity index (χ4n) is 3.95. The van der Waals surface area contributed by atoms with Gasteiger partial charge in [-0.15, -0.1) is 0 Å². The molecule has 2 rings (SSSR count). The van der Waals surface area contributed by atoms with Crippen LogP contribution in [0.25, 0.3) is 0 Å². The summed E-state index contributed by atoms with van der Waals surface area (Å²) in [6.45, 7) is 9.24. The quantitative estimate of drug-likeness (QED) is 0.315. The summed E-state index contributed by atoms with van der Waals surface area (Å²) in [5, 5.41) is 0. The third kappa shape index (κ3) is 4.90. The number of imide groups is 1. The molecule has 1 aromatic rings. The second-order valence-corrected chi connectivity index (χ2v) is 7.70. The summed E-state index contributed by atoms with van der Waals surface area (Å²) in [4.78, 5) is 42.6. The van der Waals surface area contributed by atoms with E-state index >= 15 is 0 Å². The molecule has 1 saturated heterocycles. The maximum absolute atomic E-state index is 13.6. The first-order chi connectivity index (χ1) is 14.3. The van der Waals surface area contributed by atoms with Crippen molar-refractivity contribution < 1.29 is 23.9 Å². The number of nitrogens with zero attached hydrogens (tertiary/aromatic N) is 2. The molecule has 164 valence electrons. The van der Waals surface area contributed by atoms with E-state index < -0.39 is 5.41 Å². The largest absolute Gasteiger partial charge is 0.496 e. The summed E-state index contributed by atoms with van der Waals surface area (Å²) >= 11 is 0. The van der Waals surface area contributed by atoms with Gasteiger partial charge in [-0.3, -0.25) is 19.3 Å². The van der Waals surface area contributed by atoms with Crippen molar-refractivity contribution in [3.05, 3.63) is 42.0 Å². The highest BCUT2D eigenvalue weighted by molar-refractivity contribution is 6.11.